The van der Waals surface area contributed by atoms with Crippen molar-refractivity contribution in [3.63, 3.8) is 0 Å². The van der Waals surface area contributed by atoms with E-state index in [0.717, 1.165) is 0 Å². The molecule has 0 spiro atoms. The lowest BCUT2D eigenvalue weighted by Crippen LogP contribution is -2.39. The largest absolute Gasteiger partial charge is 0.466 e. The molecular formula is C12H16ClNO5. The molecule has 6 nitrogen and oxygen atoms in total. The van der Waals surface area contributed by atoms with Gasteiger partial charge in [0.25, 0.3) is 0 Å². The van der Waals surface area contributed by atoms with E-state index in [0.29, 0.717) is 38.2 Å². The Labute approximate surface area is 115 Å². The van der Waals surface area contributed by atoms with Gasteiger partial charge in [-0.3, -0.25) is 4.79 Å². The van der Waals surface area contributed by atoms with Gasteiger partial charge in [0.1, 0.15) is 5.70 Å². The second-order valence-corrected chi connectivity index (χ2v) is 4.85. The third-order valence-electron chi connectivity index (χ3n) is 3.31. The number of rotatable bonds is 3. The van der Waals surface area contributed by atoms with Crippen LogP contribution in [-0.2, 0) is 19.1 Å². The molecule has 1 atom stereocenters. The second kappa shape index (κ2) is 5.79. The first kappa shape index (κ1) is 14.1. The molecule has 106 valence electrons. The van der Waals surface area contributed by atoms with Crippen LogP contribution < -0.4 is 0 Å². The quantitative estimate of drug-likeness (QED) is 0.766. The van der Waals surface area contributed by atoms with Crippen LogP contribution in [0.4, 0.5) is 0 Å². The van der Waals surface area contributed by atoms with Crippen molar-refractivity contribution in [3.8, 4) is 0 Å². The average molecular weight is 290 g/mol. The number of aliphatic hydroxyl groups excluding tert-OH is 1. The number of cyclic esters (lactones) is 1. The Kier molecular flexibility index (Phi) is 4.31. The summed E-state index contributed by atoms with van der Waals surface area (Å²) in [5, 5.41) is 9.54. The van der Waals surface area contributed by atoms with E-state index in [1.807, 2.05) is 0 Å². The van der Waals surface area contributed by atoms with Crippen LogP contribution in [0, 0.1) is 5.92 Å². The fourth-order valence-corrected chi connectivity index (χ4v) is 2.59. The highest BCUT2D eigenvalue weighted by Crippen LogP contribution is 2.30. The maximum absolute atomic E-state index is 11.6. The Morgan fingerprint density at radius 2 is 2.16 bits per heavy atom. The zero-order valence-corrected chi connectivity index (χ0v) is 11.4. The van der Waals surface area contributed by atoms with Crippen LogP contribution in [0.25, 0.3) is 0 Å². The van der Waals surface area contributed by atoms with Crippen LogP contribution in [0.3, 0.4) is 0 Å². The number of carbonyl (C=O) groups excluding carboxylic acids is 2. The van der Waals surface area contributed by atoms with Gasteiger partial charge < -0.3 is 19.5 Å². The normalized spacial score (nSPS) is 24.7. The minimum atomic E-state index is -1.31. The molecule has 0 aromatic carbocycles. The Morgan fingerprint density at radius 3 is 2.63 bits per heavy atom. The summed E-state index contributed by atoms with van der Waals surface area (Å²) in [5.74, 6) is -1.04. The molecular weight excluding hydrogens is 274 g/mol. The van der Waals surface area contributed by atoms with Crippen molar-refractivity contribution in [2.24, 2.45) is 5.92 Å². The number of piperidine rings is 1. The maximum atomic E-state index is 11.6. The first-order valence-corrected chi connectivity index (χ1v) is 6.62. The number of ether oxygens (including phenoxy) is 2. The van der Waals surface area contributed by atoms with E-state index in [-0.39, 0.29) is 16.9 Å². The Bertz CT molecular complexity index is 414. The lowest BCUT2D eigenvalue weighted by molar-refractivity contribution is -0.153. The van der Waals surface area contributed by atoms with Gasteiger partial charge in [0.15, 0.2) is 5.03 Å². The van der Waals surface area contributed by atoms with Crippen LogP contribution in [-0.4, -0.2) is 47.9 Å². The molecule has 0 aromatic heterocycles. The van der Waals surface area contributed by atoms with Gasteiger partial charge in [-0.15, -0.1) is 0 Å². The van der Waals surface area contributed by atoms with Crippen molar-refractivity contribution >= 4 is 23.5 Å². The molecule has 0 saturated carbocycles. The lowest BCUT2D eigenvalue weighted by atomic mass is 9.96. The van der Waals surface area contributed by atoms with Crippen molar-refractivity contribution in [2.75, 3.05) is 19.7 Å². The molecule has 0 radical (unpaired) electrons. The van der Waals surface area contributed by atoms with Gasteiger partial charge in [0.2, 0.25) is 6.29 Å². The highest BCUT2D eigenvalue weighted by atomic mass is 35.5. The van der Waals surface area contributed by atoms with Gasteiger partial charge in [-0.1, -0.05) is 11.6 Å². The van der Waals surface area contributed by atoms with Crippen LogP contribution in [0.5, 0.6) is 0 Å². The molecule has 0 amide bonds. The number of nitrogens with zero attached hydrogens (tertiary/aromatic N) is 1. The van der Waals surface area contributed by atoms with Crippen LogP contribution in [0.2, 0.25) is 0 Å². The van der Waals surface area contributed by atoms with Crippen LogP contribution >= 0.6 is 11.6 Å². The minimum absolute atomic E-state index is 0.0814. The van der Waals surface area contributed by atoms with E-state index in [1.165, 1.54) is 0 Å². The van der Waals surface area contributed by atoms with Gasteiger partial charge in [-0.2, -0.15) is 0 Å². The zero-order valence-electron chi connectivity index (χ0n) is 10.6. The maximum Gasteiger partial charge on any atom is 0.354 e. The summed E-state index contributed by atoms with van der Waals surface area (Å²) in [6.45, 7) is 3.21. The summed E-state index contributed by atoms with van der Waals surface area (Å²) in [6, 6.07) is 0. The Hall–Kier alpha value is -1.27. The summed E-state index contributed by atoms with van der Waals surface area (Å²) < 4.78 is 9.61. The molecule has 1 saturated heterocycles. The van der Waals surface area contributed by atoms with Crippen LogP contribution in [0.1, 0.15) is 19.8 Å². The molecule has 0 aromatic rings. The van der Waals surface area contributed by atoms with Crippen molar-refractivity contribution in [3.05, 3.63) is 10.7 Å². The molecule has 0 bridgehead atoms. The van der Waals surface area contributed by atoms with Crippen molar-refractivity contribution in [1.29, 1.82) is 0 Å². The minimum Gasteiger partial charge on any atom is -0.466 e. The van der Waals surface area contributed by atoms with Gasteiger partial charge >= 0.3 is 11.9 Å². The van der Waals surface area contributed by atoms with Crippen molar-refractivity contribution in [1.82, 2.24) is 4.90 Å². The summed E-state index contributed by atoms with van der Waals surface area (Å²) >= 11 is 5.82. The molecule has 0 aliphatic carbocycles. The molecule has 19 heavy (non-hydrogen) atoms. The third kappa shape index (κ3) is 2.84. The van der Waals surface area contributed by atoms with Gasteiger partial charge in [0, 0.05) is 13.1 Å². The number of hydrogen-bond acceptors (Lipinski definition) is 6. The van der Waals surface area contributed by atoms with E-state index in [1.54, 1.807) is 11.8 Å². The standard InChI is InChI=1S/C12H16ClNO5/c1-2-18-10(15)7-3-5-14(6-4-7)9-8(13)11(16)19-12(9)17/h7,12,17H,2-6H2,1H3. The third-order valence-corrected chi connectivity index (χ3v) is 3.66. The highest BCUT2D eigenvalue weighted by Gasteiger charge is 2.37. The molecule has 1 fully saturated rings. The fourth-order valence-electron chi connectivity index (χ4n) is 2.33. The summed E-state index contributed by atoms with van der Waals surface area (Å²) in [6.07, 6.45) is -0.0972. The van der Waals surface area contributed by atoms with Crippen molar-refractivity contribution in [2.45, 2.75) is 26.1 Å². The summed E-state index contributed by atoms with van der Waals surface area (Å²) in [4.78, 5) is 24.6. The number of esters is 2. The van der Waals surface area contributed by atoms with E-state index in [2.05, 4.69) is 4.74 Å². The van der Waals surface area contributed by atoms with Crippen molar-refractivity contribution < 1.29 is 24.2 Å². The predicted octanol–water partition coefficient (Wildman–Crippen LogP) is 0.587. The second-order valence-electron chi connectivity index (χ2n) is 4.47. The lowest BCUT2D eigenvalue weighted by Gasteiger charge is -2.33. The van der Waals surface area contributed by atoms with E-state index >= 15 is 0 Å². The van der Waals surface area contributed by atoms with E-state index in [9.17, 15) is 14.7 Å². The molecule has 2 heterocycles. The topological polar surface area (TPSA) is 76.1 Å². The summed E-state index contributed by atoms with van der Waals surface area (Å²) in [7, 11) is 0. The SMILES string of the molecule is CCOC(=O)C1CCN(C2=C(Cl)C(=O)OC2O)CC1. The number of likely N-dealkylation sites (tertiary alicyclic amines) is 1. The molecule has 2 aliphatic heterocycles. The zero-order chi connectivity index (χ0) is 14.0. The molecule has 1 unspecified atom stereocenters. The van der Waals surface area contributed by atoms with E-state index < -0.39 is 12.3 Å². The Balaban J connectivity index is 1.97. The molecule has 2 rings (SSSR count). The fraction of sp³-hybridized carbons (Fsp3) is 0.667. The van der Waals surface area contributed by atoms with Crippen LogP contribution in [0.15, 0.2) is 10.7 Å². The monoisotopic (exact) mass is 289 g/mol. The highest BCUT2D eigenvalue weighted by molar-refractivity contribution is 6.42. The number of hydrogen-bond donors (Lipinski definition) is 1. The Morgan fingerprint density at radius 1 is 1.53 bits per heavy atom. The van der Waals surface area contributed by atoms with Gasteiger partial charge in [-0.05, 0) is 19.8 Å². The predicted molar refractivity (Wildman–Crippen MR) is 65.9 cm³/mol. The average Bonchev–Trinajstić information content (AvgIpc) is 2.64. The molecule has 7 heteroatoms. The number of carbonyl (C=O) groups is 2. The number of aliphatic hydroxyl groups is 1. The first-order valence-electron chi connectivity index (χ1n) is 6.25. The summed E-state index contributed by atoms with van der Waals surface area (Å²) in [5.41, 5.74) is 0.300. The first-order chi connectivity index (χ1) is 9.04. The molecule has 2 aliphatic rings. The van der Waals surface area contributed by atoms with Gasteiger partial charge in [-0.25, -0.2) is 4.79 Å². The van der Waals surface area contributed by atoms with E-state index in [4.69, 9.17) is 16.3 Å². The number of halogens is 1. The molecule has 1 N–H and O–H groups in total. The smallest absolute Gasteiger partial charge is 0.354 e. The van der Waals surface area contributed by atoms with Gasteiger partial charge in [0.05, 0.1) is 12.5 Å².